The minimum absolute atomic E-state index is 0.0449. The molecule has 1 aromatic heterocycles. The van der Waals surface area contributed by atoms with E-state index in [9.17, 15) is 5.11 Å². The molecular weight excluding hydrogens is 328 g/mol. The summed E-state index contributed by atoms with van der Waals surface area (Å²) in [7, 11) is 0. The Morgan fingerprint density at radius 3 is 2.62 bits per heavy atom. The van der Waals surface area contributed by atoms with Gasteiger partial charge >= 0.3 is 0 Å². The van der Waals surface area contributed by atoms with Crippen molar-refractivity contribution in [3.63, 3.8) is 0 Å². The third kappa shape index (κ3) is 6.32. The number of ether oxygens (including phenoxy) is 1. The van der Waals surface area contributed by atoms with Crippen LogP contribution in [0.3, 0.4) is 0 Å². The van der Waals surface area contributed by atoms with Crippen LogP contribution in [-0.4, -0.2) is 35.6 Å². The first-order valence-corrected chi connectivity index (χ1v) is 9.04. The van der Waals surface area contributed by atoms with Gasteiger partial charge in [0, 0.05) is 29.6 Å². The molecule has 0 fully saturated rings. The zero-order valence-electron chi connectivity index (χ0n) is 16.3. The summed E-state index contributed by atoms with van der Waals surface area (Å²) in [6, 6.07) is 10.00. The highest BCUT2D eigenvalue weighted by molar-refractivity contribution is 5.70. The van der Waals surface area contributed by atoms with Gasteiger partial charge < -0.3 is 19.7 Å². The van der Waals surface area contributed by atoms with E-state index in [1.165, 1.54) is 0 Å². The molecule has 1 atom stereocenters. The minimum Gasteiger partial charge on any atom is -0.490 e. The fraction of sp³-hybridized carbons (Fsp3) is 0.476. The molecule has 5 nitrogen and oxygen atoms in total. The van der Waals surface area contributed by atoms with Crippen LogP contribution < -0.4 is 10.1 Å². The highest BCUT2D eigenvalue weighted by Gasteiger charge is 2.18. The van der Waals surface area contributed by atoms with Crippen LogP contribution in [0.15, 0.2) is 34.9 Å². The smallest absolute Gasteiger partial charge is 0.159 e. The van der Waals surface area contributed by atoms with E-state index in [4.69, 9.17) is 9.26 Å². The number of aromatic nitrogens is 1. The van der Waals surface area contributed by atoms with Gasteiger partial charge in [-0.1, -0.05) is 58.0 Å². The lowest BCUT2D eigenvalue weighted by Gasteiger charge is -2.16. The number of hydrogen-bond donors (Lipinski definition) is 2. The normalized spacial score (nSPS) is 13.5. The second-order valence-corrected chi connectivity index (χ2v) is 7.76. The van der Waals surface area contributed by atoms with E-state index in [1.807, 2.05) is 56.3 Å². The molecule has 1 unspecified atom stereocenters. The summed E-state index contributed by atoms with van der Waals surface area (Å²) >= 11 is 0. The molecule has 0 aliphatic carbocycles. The lowest BCUT2D eigenvalue weighted by atomic mass is 9.92. The highest BCUT2D eigenvalue weighted by atomic mass is 16.5. The summed E-state index contributed by atoms with van der Waals surface area (Å²) in [5.41, 5.74) is 1.80. The van der Waals surface area contributed by atoms with Gasteiger partial charge in [0.1, 0.15) is 18.5 Å². The van der Waals surface area contributed by atoms with Gasteiger partial charge in [-0.3, -0.25) is 0 Å². The number of para-hydroxylation sites is 1. The van der Waals surface area contributed by atoms with Crippen molar-refractivity contribution >= 4 is 12.2 Å². The van der Waals surface area contributed by atoms with Crippen molar-refractivity contribution in [3.05, 3.63) is 47.3 Å². The average molecular weight is 358 g/mol. The van der Waals surface area contributed by atoms with Gasteiger partial charge in [0.25, 0.3) is 0 Å². The van der Waals surface area contributed by atoms with E-state index in [2.05, 4.69) is 31.2 Å². The number of benzene rings is 1. The Morgan fingerprint density at radius 2 is 1.96 bits per heavy atom. The Balaban J connectivity index is 2.01. The number of nitrogens with one attached hydrogen (secondary N) is 1. The van der Waals surface area contributed by atoms with E-state index >= 15 is 0 Å². The summed E-state index contributed by atoms with van der Waals surface area (Å²) in [5, 5.41) is 17.3. The summed E-state index contributed by atoms with van der Waals surface area (Å²) in [6.07, 6.45) is 3.25. The van der Waals surface area contributed by atoms with Crippen LogP contribution in [0.25, 0.3) is 12.2 Å². The second kappa shape index (κ2) is 9.01. The molecule has 5 heteroatoms. The molecule has 2 N–H and O–H groups in total. The monoisotopic (exact) mass is 358 g/mol. The maximum Gasteiger partial charge on any atom is 0.159 e. The van der Waals surface area contributed by atoms with Gasteiger partial charge in [-0.2, -0.15) is 0 Å². The molecule has 142 valence electrons. The molecule has 1 heterocycles. The van der Waals surface area contributed by atoms with E-state index < -0.39 is 6.10 Å². The van der Waals surface area contributed by atoms with Crippen LogP contribution in [0.5, 0.6) is 5.75 Å². The highest BCUT2D eigenvalue weighted by Crippen LogP contribution is 2.24. The standard InChI is InChI=1S/C21H30N2O3/c1-15(2)22-13-17(24)14-25-19-9-7-6-8-16(19)10-11-18-12-20(23-26-18)21(3,4)5/h6-12,15,17,22,24H,13-14H2,1-5H3. The molecule has 0 bridgehead atoms. The number of aliphatic hydroxyl groups excluding tert-OH is 1. The van der Waals surface area contributed by atoms with Crippen molar-refractivity contribution in [2.45, 2.75) is 52.2 Å². The SMILES string of the molecule is CC(C)NCC(O)COc1ccccc1C=Cc1cc(C(C)(C)C)no1. The maximum atomic E-state index is 10.0. The molecule has 1 aromatic carbocycles. The molecule has 2 aromatic rings. The molecule has 0 saturated carbocycles. The second-order valence-electron chi connectivity index (χ2n) is 7.76. The molecule has 2 rings (SSSR count). The Kier molecular flexibility index (Phi) is 7.00. The fourth-order valence-electron chi connectivity index (χ4n) is 2.26. The average Bonchev–Trinajstić information content (AvgIpc) is 3.06. The third-order valence-corrected chi connectivity index (χ3v) is 3.84. The van der Waals surface area contributed by atoms with Crippen LogP contribution in [0.4, 0.5) is 0 Å². The minimum atomic E-state index is -0.557. The molecule has 0 amide bonds. The Labute approximate surface area is 156 Å². The third-order valence-electron chi connectivity index (χ3n) is 3.84. The van der Waals surface area contributed by atoms with Gasteiger partial charge in [-0.05, 0) is 18.2 Å². The van der Waals surface area contributed by atoms with Crippen molar-refractivity contribution in [3.8, 4) is 5.75 Å². The summed E-state index contributed by atoms with van der Waals surface area (Å²) in [6.45, 7) is 11.1. The lowest BCUT2D eigenvalue weighted by molar-refractivity contribution is 0.104. The number of rotatable bonds is 8. The number of hydrogen-bond acceptors (Lipinski definition) is 5. The van der Waals surface area contributed by atoms with Crippen molar-refractivity contribution in [1.82, 2.24) is 10.5 Å². The molecule has 0 saturated heterocycles. The van der Waals surface area contributed by atoms with E-state index in [0.717, 1.165) is 17.0 Å². The van der Waals surface area contributed by atoms with Crippen molar-refractivity contribution in [2.24, 2.45) is 0 Å². The fourth-order valence-corrected chi connectivity index (χ4v) is 2.26. The molecule has 0 spiro atoms. The zero-order chi connectivity index (χ0) is 19.2. The molecule has 0 aliphatic heterocycles. The summed E-state index contributed by atoms with van der Waals surface area (Å²) in [4.78, 5) is 0. The Morgan fingerprint density at radius 1 is 1.23 bits per heavy atom. The maximum absolute atomic E-state index is 10.0. The zero-order valence-corrected chi connectivity index (χ0v) is 16.3. The van der Waals surface area contributed by atoms with Crippen molar-refractivity contribution in [2.75, 3.05) is 13.2 Å². The van der Waals surface area contributed by atoms with Gasteiger partial charge in [0.15, 0.2) is 5.76 Å². The summed E-state index contributed by atoms with van der Waals surface area (Å²) < 4.78 is 11.2. The summed E-state index contributed by atoms with van der Waals surface area (Å²) in [5.74, 6) is 1.42. The predicted molar refractivity (Wildman–Crippen MR) is 105 cm³/mol. The van der Waals surface area contributed by atoms with E-state index in [-0.39, 0.29) is 12.0 Å². The van der Waals surface area contributed by atoms with Crippen LogP contribution in [0.1, 0.15) is 51.6 Å². The molecule has 26 heavy (non-hydrogen) atoms. The van der Waals surface area contributed by atoms with Gasteiger partial charge in [-0.15, -0.1) is 0 Å². The molecule has 0 radical (unpaired) electrons. The van der Waals surface area contributed by atoms with Gasteiger partial charge in [0.2, 0.25) is 0 Å². The van der Waals surface area contributed by atoms with Crippen LogP contribution >= 0.6 is 0 Å². The van der Waals surface area contributed by atoms with Gasteiger partial charge in [0.05, 0.1) is 5.69 Å². The predicted octanol–water partition coefficient (Wildman–Crippen LogP) is 3.88. The number of nitrogens with zero attached hydrogens (tertiary/aromatic N) is 1. The van der Waals surface area contributed by atoms with Crippen molar-refractivity contribution < 1.29 is 14.4 Å². The molecule has 0 aliphatic rings. The molecular formula is C21H30N2O3. The van der Waals surface area contributed by atoms with Crippen LogP contribution in [-0.2, 0) is 5.41 Å². The van der Waals surface area contributed by atoms with Crippen LogP contribution in [0.2, 0.25) is 0 Å². The van der Waals surface area contributed by atoms with E-state index in [0.29, 0.717) is 18.3 Å². The largest absolute Gasteiger partial charge is 0.490 e. The number of aliphatic hydroxyl groups is 1. The van der Waals surface area contributed by atoms with E-state index in [1.54, 1.807) is 0 Å². The lowest BCUT2D eigenvalue weighted by Crippen LogP contribution is -2.35. The van der Waals surface area contributed by atoms with Gasteiger partial charge in [-0.25, -0.2) is 0 Å². The first-order chi connectivity index (χ1) is 12.3. The van der Waals surface area contributed by atoms with Crippen LogP contribution in [0, 0.1) is 0 Å². The first-order valence-electron chi connectivity index (χ1n) is 9.04. The first kappa shape index (κ1) is 20.2. The quantitative estimate of drug-likeness (QED) is 0.749. The Hall–Kier alpha value is -2.11. The Bertz CT molecular complexity index is 714. The topological polar surface area (TPSA) is 67.5 Å². The van der Waals surface area contributed by atoms with Crippen molar-refractivity contribution in [1.29, 1.82) is 0 Å².